The van der Waals surface area contributed by atoms with E-state index in [2.05, 4.69) is 25.1 Å². The first-order valence-corrected chi connectivity index (χ1v) is 5.62. The highest BCUT2D eigenvalue weighted by molar-refractivity contribution is 4.98. The van der Waals surface area contributed by atoms with Crippen molar-refractivity contribution in [3.63, 3.8) is 0 Å². The van der Waals surface area contributed by atoms with E-state index in [1.165, 1.54) is 6.42 Å². The molecule has 2 heteroatoms. The molecule has 0 amide bonds. The lowest BCUT2D eigenvalue weighted by Gasteiger charge is -2.11. The molecule has 82 valence electrons. The van der Waals surface area contributed by atoms with Gasteiger partial charge in [-0.05, 0) is 12.8 Å². The summed E-state index contributed by atoms with van der Waals surface area (Å²) >= 11 is 0. The van der Waals surface area contributed by atoms with E-state index in [0.29, 0.717) is 0 Å². The Labute approximate surface area is 88.4 Å². The van der Waals surface area contributed by atoms with E-state index in [1.807, 2.05) is 0 Å². The monoisotopic (exact) mass is 197 g/mol. The maximum absolute atomic E-state index is 5.42. The second-order valence-electron chi connectivity index (χ2n) is 3.43. The number of nitrogens with one attached hydrogen (secondary N) is 1. The van der Waals surface area contributed by atoms with Crippen LogP contribution in [0.3, 0.4) is 0 Å². The Hall–Kier alpha value is -0.520. The Kier molecular flexibility index (Phi) is 10.2. The molecule has 0 aromatic carbocycles. The summed E-state index contributed by atoms with van der Waals surface area (Å²) < 4.78 is 5.42. The molecule has 0 fully saturated rings. The maximum Gasteiger partial charge on any atom is 0.0687 e. The summed E-state index contributed by atoms with van der Waals surface area (Å²) in [5.74, 6) is 2.74. The fourth-order valence-electron chi connectivity index (χ4n) is 1.19. The summed E-state index contributed by atoms with van der Waals surface area (Å²) in [6, 6.07) is 0.217. The minimum atomic E-state index is 0.217. The van der Waals surface area contributed by atoms with Gasteiger partial charge in [-0.15, -0.1) is 6.42 Å². The van der Waals surface area contributed by atoms with Crippen molar-refractivity contribution in [2.45, 2.75) is 45.6 Å². The lowest BCUT2D eigenvalue weighted by molar-refractivity contribution is 0.132. The van der Waals surface area contributed by atoms with Gasteiger partial charge in [0.1, 0.15) is 0 Å². The molecular weight excluding hydrogens is 174 g/mol. The van der Waals surface area contributed by atoms with Crippen molar-refractivity contribution < 1.29 is 4.74 Å². The number of rotatable bonds is 9. The van der Waals surface area contributed by atoms with Crippen LogP contribution in [0.5, 0.6) is 0 Å². The van der Waals surface area contributed by atoms with E-state index >= 15 is 0 Å². The van der Waals surface area contributed by atoms with E-state index in [9.17, 15) is 0 Å². The molecule has 1 atom stereocenters. The van der Waals surface area contributed by atoms with Crippen LogP contribution >= 0.6 is 0 Å². The van der Waals surface area contributed by atoms with Crippen LogP contribution in [-0.2, 0) is 4.74 Å². The molecule has 0 aromatic rings. The van der Waals surface area contributed by atoms with Crippen LogP contribution in [0.2, 0.25) is 0 Å². The van der Waals surface area contributed by atoms with Gasteiger partial charge in [-0.2, -0.15) is 0 Å². The SMILES string of the molecule is C#CC(CCC)NCCOCCCC. The lowest BCUT2D eigenvalue weighted by Crippen LogP contribution is -2.30. The minimum Gasteiger partial charge on any atom is -0.380 e. The molecule has 0 rings (SSSR count). The lowest BCUT2D eigenvalue weighted by atomic mass is 10.2. The summed E-state index contributed by atoms with van der Waals surface area (Å²) in [5.41, 5.74) is 0. The van der Waals surface area contributed by atoms with Gasteiger partial charge >= 0.3 is 0 Å². The highest BCUT2D eigenvalue weighted by Crippen LogP contribution is 1.94. The average molecular weight is 197 g/mol. The van der Waals surface area contributed by atoms with Crippen molar-refractivity contribution in [3.05, 3.63) is 0 Å². The second-order valence-corrected chi connectivity index (χ2v) is 3.43. The van der Waals surface area contributed by atoms with E-state index in [4.69, 9.17) is 11.2 Å². The predicted molar refractivity (Wildman–Crippen MR) is 61.3 cm³/mol. The van der Waals surface area contributed by atoms with Gasteiger partial charge < -0.3 is 10.1 Å². The molecule has 2 nitrogen and oxygen atoms in total. The van der Waals surface area contributed by atoms with Gasteiger partial charge in [-0.25, -0.2) is 0 Å². The van der Waals surface area contributed by atoms with Crippen LogP contribution < -0.4 is 5.32 Å². The van der Waals surface area contributed by atoms with Gasteiger partial charge in [-0.1, -0.05) is 32.6 Å². The highest BCUT2D eigenvalue weighted by atomic mass is 16.5. The molecule has 1 unspecified atom stereocenters. The van der Waals surface area contributed by atoms with Crippen molar-refractivity contribution in [2.75, 3.05) is 19.8 Å². The Morgan fingerprint density at radius 1 is 1.29 bits per heavy atom. The van der Waals surface area contributed by atoms with Crippen LogP contribution in [-0.4, -0.2) is 25.8 Å². The molecular formula is C12H23NO. The molecule has 0 aliphatic carbocycles. The van der Waals surface area contributed by atoms with E-state index in [0.717, 1.165) is 39.0 Å². The normalized spacial score (nSPS) is 12.4. The number of unbranched alkanes of at least 4 members (excludes halogenated alkanes) is 1. The zero-order valence-corrected chi connectivity index (χ0v) is 9.51. The van der Waals surface area contributed by atoms with Crippen LogP contribution in [0, 0.1) is 12.3 Å². The Balaban J connectivity index is 3.21. The molecule has 0 heterocycles. The van der Waals surface area contributed by atoms with E-state index in [1.54, 1.807) is 0 Å². The third-order valence-corrected chi connectivity index (χ3v) is 2.06. The average Bonchev–Trinajstić information content (AvgIpc) is 2.21. The minimum absolute atomic E-state index is 0.217. The number of ether oxygens (including phenoxy) is 1. The number of hydrogen-bond donors (Lipinski definition) is 1. The molecule has 0 saturated heterocycles. The summed E-state index contributed by atoms with van der Waals surface area (Å²) in [7, 11) is 0. The maximum atomic E-state index is 5.42. The van der Waals surface area contributed by atoms with Crippen LogP contribution in [0.25, 0.3) is 0 Å². The van der Waals surface area contributed by atoms with Gasteiger partial charge in [-0.3, -0.25) is 0 Å². The number of terminal acetylenes is 1. The Bertz CT molecular complexity index is 151. The molecule has 0 aromatic heterocycles. The van der Waals surface area contributed by atoms with Crippen LogP contribution in [0.4, 0.5) is 0 Å². The molecule has 0 radical (unpaired) electrons. The van der Waals surface area contributed by atoms with Crippen molar-refractivity contribution in [1.29, 1.82) is 0 Å². The zero-order valence-electron chi connectivity index (χ0n) is 9.51. The van der Waals surface area contributed by atoms with Gasteiger partial charge in [0.2, 0.25) is 0 Å². The first-order chi connectivity index (χ1) is 6.85. The standard InChI is InChI=1S/C12H23NO/c1-4-7-10-14-11-9-13-12(6-3)8-5-2/h3,12-13H,4-5,7-11H2,1-2H3. The largest absolute Gasteiger partial charge is 0.380 e. The zero-order chi connectivity index (χ0) is 10.6. The summed E-state index contributed by atoms with van der Waals surface area (Å²) in [5, 5.41) is 3.29. The fraction of sp³-hybridized carbons (Fsp3) is 0.833. The van der Waals surface area contributed by atoms with Crippen molar-refractivity contribution in [3.8, 4) is 12.3 Å². The highest BCUT2D eigenvalue weighted by Gasteiger charge is 2.00. The van der Waals surface area contributed by atoms with Crippen molar-refractivity contribution >= 4 is 0 Å². The summed E-state index contributed by atoms with van der Waals surface area (Å²) in [4.78, 5) is 0. The summed E-state index contributed by atoms with van der Waals surface area (Å²) in [6.07, 6.45) is 9.88. The van der Waals surface area contributed by atoms with Crippen molar-refractivity contribution in [2.24, 2.45) is 0 Å². The topological polar surface area (TPSA) is 21.3 Å². The first-order valence-electron chi connectivity index (χ1n) is 5.62. The van der Waals surface area contributed by atoms with Gasteiger partial charge in [0, 0.05) is 13.2 Å². The van der Waals surface area contributed by atoms with E-state index < -0.39 is 0 Å². The van der Waals surface area contributed by atoms with Gasteiger partial charge in [0.15, 0.2) is 0 Å². The Morgan fingerprint density at radius 3 is 2.64 bits per heavy atom. The quantitative estimate of drug-likeness (QED) is 0.452. The van der Waals surface area contributed by atoms with Gasteiger partial charge in [0.25, 0.3) is 0 Å². The molecule has 0 aliphatic heterocycles. The molecule has 0 saturated carbocycles. The summed E-state index contributed by atoms with van der Waals surface area (Å²) in [6.45, 7) is 6.80. The molecule has 0 bridgehead atoms. The van der Waals surface area contributed by atoms with Crippen LogP contribution in [0.1, 0.15) is 39.5 Å². The smallest absolute Gasteiger partial charge is 0.0687 e. The second kappa shape index (κ2) is 10.6. The van der Waals surface area contributed by atoms with Gasteiger partial charge in [0.05, 0.1) is 12.6 Å². The molecule has 14 heavy (non-hydrogen) atoms. The van der Waals surface area contributed by atoms with Crippen LogP contribution in [0.15, 0.2) is 0 Å². The first kappa shape index (κ1) is 13.5. The fourth-order valence-corrected chi connectivity index (χ4v) is 1.19. The Morgan fingerprint density at radius 2 is 2.07 bits per heavy atom. The third kappa shape index (κ3) is 8.10. The predicted octanol–water partition coefficient (Wildman–Crippen LogP) is 2.19. The van der Waals surface area contributed by atoms with E-state index in [-0.39, 0.29) is 6.04 Å². The molecule has 0 spiro atoms. The number of hydrogen-bond acceptors (Lipinski definition) is 2. The third-order valence-electron chi connectivity index (χ3n) is 2.06. The van der Waals surface area contributed by atoms with Crippen molar-refractivity contribution in [1.82, 2.24) is 5.32 Å². The molecule has 1 N–H and O–H groups in total. The molecule has 0 aliphatic rings.